The molecule has 2 N–H and O–H groups in total. The summed E-state index contributed by atoms with van der Waals surface area (Å²) in [6.07, 6.45) is 1.31. The number of nitrogens with one attached hydrogen (secondary N) is 2. The van der Waals surface area contributed by atoms with Gasteiger partial charge in [-0.2, -0.15) is 0 Å². The number of hydrogen-bond donors (Lipinski definition) is 2. The highest BCUT2D eigenvalue weighted by atomic mass is 35.5. The van der Waals surface area contributed by atoms with Crippen molar-refractivity contribution in [1.29, 1.82) is 0 Å². The molecule has 0 atom stereocenters. The first kappa shape index (κ1) is 16.5. The number of carbonyl (C=O) groups is 1. The summed E-state index contributed by atoms with van der Waals surface area (Å²) < 4.78 is 4.87. The fourth-order valence-electron chi connectivity index (χ4n) is 1.68. The summed E-state index contributed by atoms with van der Waals surface area (Å²) in [5, 5.41) is 6.71. The summed E-state index contributed by atoms with van der Waals surface area (Å²) in [5.74, 6) is 0.164. The van der Waals surface area contributed by atoms with Crippen LogP contribution in [0.5, 0.6) is 0 Å². The normalized spacial score (nSPS) is 10.3. The van der Waals surface area contributed by atoms with Crippen molar-refractivity contribution in [2.24, 2.45) is 0 Å². The molecule has 0 spiro atoms. The minimum Gasteiger partial charge on any atom is -0.383 e. The fraction of sp³-hybridized carbons (Fsp3) is 0.214. The molecular weight excluding hydrogens is 327 g/mol. The van der Waals surface area contributed by atoms with Crippen molar-refractivity contribution in [3.05, 3.63) is 46.3 Å². The number of amides is 1. The smallest absolute Gasteiger partial charge is 0.270 e. The molecule has 0 saturated carbocycles. The van der Waals surface area contributed by atoms with Crippen molar-refractivity contribution in [3.8, 4) is 0 Å². The van der Waals surface area contributed by atoms with Gasteiger partial charge in [0.25, 0.3) is 5.91 Å². The van der Waals surface area contributed by atoms with Crippen LogP contribution in [0.15, 0.2) is 30.6 Å². The molecule has 116 valence electrons. The zero-order chi connectivity index (χ0) is 15.9. The number of aromatic nitrogens is 2. The Morgan fingerprint density at radius 1 is 1.18 bits per heavy atom. The maximum atomic E-state index is 11.9. The number of methoxy groups -OCH3 is 1. The Balaban J connectivity index is 2.09. The number of anilines is 2. The third-order valence-corrected chi connectivity index (χ3v) is 3.06. The molecule has 0 bridgehead atoms. The van der Waals surface area contributed by atoms with Gasteiger partial charge in [0.2, 0.25) is 0 Å². The van der Waals surface area contributed by atoms with E-state index in [1.54, 1.807) is 25.3 Å². The molecule has 0 saturated heterocycles. The molecule has 0 aliphatic heterocycles. The molecule has 8 heteroatoms. The number of halogens is 2. The van der Waals surface area contributed by atoms with Crippen LogP contribution in [0.1, 0.15) is 10.5 Å². The molecule has 0 fully saturated rings. The number of carbonyl (C=O) groups excluding carboxylic acids is 1. The molecule has 2 rings (SSSR count). The molecule has 2 aromatic rings. The summed E-state index contributed by atoms with van der Waals surface area (Å²) in [6.45, 7) is 0.842. The lowest BCUT2D eigenvalue weighted by atomic mass is 10.3. The zero-order valence-corrected chi connectivity index (χ0v) is 13.3. The number of benzene rings is 1. The lowest BCUT2D eigenvalue weighted by Crippen LogP contribution is -2.27. The van der Waals surface area contributed by atoms with E-state index in [9.17, 15) is 4.79 Å². The van der Waals surface area contributed by atoms with Gasteiger partial charge in [0, 0.05) is 35.5 Å². The van der Waals surface area contributed by atoms with Crippen molar-refractivity contribution in [2.75, 3.05) is 25.6 Å². The van der Waals surface area contributed by atoms with Crippen molar-refractivity contribution >= 4 is 40.6 Å². The average Bonchev–Trinajstić information content (AvgIpc) is 2.46. The van der Waals surface area contributed by atoms with Crippen molar-refractivity contribution in [3.63, 3.8) is 0 Å². The van der Waals surface area contributed by atoms with E-state index in [2.05, 4.69) is 20.6 Å². The summed E-state index contributed by atoms with van der Waals surface area (Å²) in [5.41, 5.74) is 0.920. The zero-order valence-electron chi connectivity index (χ0n) is 11.8. The van der Waals surface area contributed by atoms with Gasteiger partial charge in [0.1, 0.15) is 17.8 Å². The molecule has 1 heterocycles. The Morgan fingerprint density at radius 2 is 1.91 bits per heavy atom. The van der Waals surface area contributed by atoms with E-state index in [-0.39, 0.29) is 11.6 Å². The monoisotopic (exact) mass is 340 g/mol. The molecular formula is C14H14Cl2N4O2. The topological polar surface area (TPSA) is 76.1 Å². The molecule has 0 unspecified atom stereocenters. The van der Waals surface area contributed by atoms with E-state index in [0.717, 1.165) is 0 Å². The van der Waals surface area contributed by atoms with E-state index < -0.39 is 0 Å². The van der Waals surface area contributed by atoms with E-state index in [1.165, 1.54) is 12.4 Å². The van der Waals surface area contributed by atoms with Crippen LogP contribution in [-0.4, -0.2) is 36.1 Å². The summed E-state index contributed by atoms with van der Waals surface area (Å²) >= 11 is 11.9. The van der Waals surface area contributed by atoms with Crippen LogP contribution < -0.4 is 10.6 Å². The van der Waals surface area contributed by atoms with Crippen LogP contribution in [0, 0.1) is 0 Å². The minimum atomic E-state index is -0.299. The molecule has 6 nitrogen and oxygen atoms in total. The minimum absolute atomic E-state index is 0.252. The van der Waals surface area contributed by atoms with Gasteiger partial charge in [-0.3, -0.25) is 4.79 Å². The van der Waals surface area contributed by atoms with Gasteiger partial charge in [-0.25, -0.2) is 9.97 Å². The SMILES string of the molecule is COCCNC(=O)c1cc(Nc2cc(Cl)cc(Cl)c2)ncn1. The highest BCUT2D eigenvalue weighted by molar-refractivity contribution is 6.35. The number of nitrogens with zero attached hydrogens (tertiary/aromatic N) is 2. The van der Waals surface area contributed by atoms with E-state index in [0.29, 0.717) is 34.7 Å². The third-order valence-electron chi connectivity index (χ3n) is 2.63. The second-order valence-corrected chi connectivity index (χ2v) is 5.19. The Hall–Kier alpha value is -1.89. The summed E-state index contributed by atoms with van der Waals surface area (Å²) in [6, 6.07) is 6.57. The lowest BCUT2D eigenvalue weighted by Gasteiger charge is -2.08. The Bertz CT molecular complexity index is 647. The molecule has 0 radical (unpaired) electrons. The van der Waals surface area contributed by atoms with Gasteiger partial charge < -0.3 is 15.4 Å². The van der Waals surface area contributed by atoms with Gasteiger partial charge >= 0.3 is 0 Å². The highest BCUT2D eigenvalue weighted by Gasteiger charge is 2.08. The van der Waals surface area contributed by atoms with Crippen LogP contribution in [0.4, 0.5) is 11.5 Å². The van der Waals surface area contributed by atoms with Crippen LogP contribution in [0.25, 0.3) is 0 Å². The first-order chi connectivity index (χ1) is 10.6. The predicted molar refractivity (Wildman–Crippen MR) is 86.0 cm³/mol. The highest BCUT2D eigenvalue weighted by Crippen LogP contribution is 2.24. The van der Waals surface area contributed by atoms with Crippen molar-refractivity contribution in [1.82, 2.24) is 15.3 Å². The molecule has 1 aromatic carbocycles. The van der Waals surface area contributed by atoms with Gasteiger partial charge in [-0.1, -0.05) is 23.2 Å². The van der Waals surface area contributed by atoms with Crippen molar-refractivity contribution < 1.29 is 9.53 Å². The predicted octanol–water partition coefficient (Wildman–Crippen LogP) is 2.90. The van der Waals surface area contributed by atoms with E-state index in [4.69, 9.17) is 27.9 Å². The van der Waals surface area contributed by atoms with Gasteiger partial charge in [-0.05, 0) is 18.2 Å². The number of ether oxygens (including phenoxy) is 1. The lowest BCUT2D eigenvalue weighted by molar-refractivity contribution is 0.0932. The quantitative estimate of drug-likeness (QED) is 0.790. The van der Waals surface area contributed by atoms with E-state index >= 15 is 0 Å². The fourth-order valence-corrected chi connectivity index (χ4v) is 2.21. The molecule has 1 amide bonds. The summed E-state index contributed by atoms with van der Waals surface area (Å²) in [7, 11) is 1.56. The Kier molecular flexibility index (Phi) is 5.94. The maximum absolute atomic E-state index is 11.9. The van der Waals surface area contributed by atoms with Gasteiger partial charge in [0.05, 0.1) is 6.61 Å². The van der Waals surface area contributed by atoms with Crippen LogP contribution in [0.2, 0.25) is 10.0 Å². The van der Waals surface area contributed by atoms with Crippen LogP contribution in [0.3, 0.4) is 0 Å². The summed E-state index contributed by atoms with van der Waals surface area (Å²) in [4.78, 5) is 19.9. The molecule has 1 aromatic heterocycles. The first-order valence-electron chi connectivity index (χ1n) is 6.41. The number of rotatable bonds is 6. The average molecular weight is 341 g/mol. The second-order valence-electron chi connectivity index (χ2n) is 4.32. The van der Waals surface area contributed by atoms with Crippen LogP contribution in [-0.2, 0) is 4.74 Å². The Morgan fingerprint density at radius 3 is 2.59 bits per heavy atom. The standard InChI is InChI=1S/C14H14Cl2N4O2/c1-22-3-2-17-14(21)12-7-13(19-8-18-12)20-11-5-9(15)4-10(16)6-11/h4-8H,2-3H2,1H3,(H,17,21)(H,18,19,20). The third kappa shape index (κ3) is 4.84. The first-order valence-corrected chi connectivity index (χ1v) is 7.16. The molecule has 0 aliphatic rings. The largest absolute Gasteiger partial charge is 0.383 e. The van der Waals surface area contributed by atoms with E-state index in [1.807, 2.05) is 0 Å². The second kappa shape index (κ2) is 7.93. The van der Waals surface area contributed by atoms with Crippen LogP contribution >= 0.6 is 23.2 Å². The molecule has 0 aliphatic carbocycles. The van der Waals surface area contributed by atoms with Gasteiger partial charge in [-0.15, -0.1) is 0 Å². The van der Waals surface area contributed by atoms with Crippen molar-refractivity contribution in [2.45, 2.75) is 0 Å². The number of hydrogen-bond acceptors (Lipinski definition) is 5. The van der Waals surface area contributed by atoms with Gasteiger partial charge in [0.15, 0.2) is 0 Å². The Labute approximate surface area is 137 Å². The maximum Gasteiger partial charge on any atom is 0.270 e. The molecule has 22 heavy (non-hydrogen) atoms.